The smallest absolute Gasteiger partial charge is 0.270 e. The molecule has 0 radical (unpaired) electrons. The zero-order chi connectivity index (χ0) is 27.7. The number of rotatable bonds is 9. The molecular weight excluding hydrogens is 502 g/mol. The Morgan fingerprint density at radius 1 is 1.13 bits per heavy atom. The first-order valence-corrected chi connectivity index (χ1v) is 12.2. The van der Waals surface area contributed by atoms with E-state index in [0.29, 0.717) is 46.6 Å². The summed E-state index contributed by atoms with van der Waals surface area (Å²) in [4.78, 5) is 34.5. The maximum atomic E-state index is 13.3. The Kier molecular flexibility index (Phi) is 6.84. The van der Waals surface area contributed by atoms with Gasteiger partial charge in [0.25, 0.3) is 5.91 Å². The molecular formula is C27H27N7O5. The molecule has 0 bridgehead atoms. The van der Waals surface area contributed by atoms with Gasteiger partial charge >= 0.3 is 0 Å². The number of aromatic nitrogens is 6. The summed E-state index contributed by atoms with van der Waals surface area (Å²) < 4.78 is 19.9. The molecule has 0 fully saturated rings. The number of aryl methyl sites for hydroxylation is 3. The molecule has 1 N–H and O–H groups in total. The minimum Gasteiger partial charge on any atom is -0.497 e. The van der Waals surface area contributed by atoms with E-state index in [4.69, 9.17) is 13.9 Å². The molecule has 0 unspecified atom stereocenters. The van der Waals surface area contributed by atoms with E-state index in [2.05, 4.69) is 25.5 Å². The molecule has 5 aromatic rings. The predicted molar refractivity (Wildman–Crippen MR) is 142 cm³/mol. The van der Waals surface area contributed by atoms with Crippen molar-refractivity contribution in [2.45, 2.75) is 26.9 Å². The van der Waals surface area contributed by atoms with Crippen molar-refractivity contribution >= 4 is 23.1 Å². The van der Waals surface area contributed by atoms with Gasteiger partial charge < -0.3 is 19.2 Å². The second-order valence-corrected chi connectivity index (χ2v) is 8.75. The Hall–Kier alpha value is -5.00. The SMILES string of the molecule is CCn1nc(C)cc1-c1nc(-c2nc(C(=O)NCc3ccc(OC)cc3OC)cc3c2cnn3C)c(C=O)o1. The lowest BCUT2D eigenvalue weighted by molar-refractivity contribution is 0.0945. The van der Waals surface area contributed by atoms with E-state index in [-0.39, 0.29) is 29.6 Å². The van der Waals surface area contributed by atoms with Crippen LogP contribution in [0.15, 0.2) is 40.9 Å². The Morgan fingerprint density at radius 2 is 1.95 bits per heavy atom. The number of carbonyl (C=O) groups is 2. The fourth-order valence-electron chi connectivity index (χ4n) is 4.35. The first-order valence-electron chi connectivity index (χ1n) is 12.2. The van der Waals surface area contributed by atoms with Gasteiger partial charge in [0, 0.05) is 37.2 Å². The molecule has 0 aliphatic heterocycles. The average molecular weight is 530 g/mol. The Morgan fingerprint density at radius 3 is 2.67 bits per heavy atom. The number of pyridine rings is 1. The van der Waals surface area contributed by atoms with Gasteiger partial charge in [-0.3, -0.25) is 19.0 Å². The molecule has 200 valence electrons. The molecule has 39 heavy (non-hydrogen) atoms. The molecule has 12 heteroatoms. The standard InChI is InChI=1S/C27H27N7O5/c1-6-34-21(9-15(2)32-34)27-31-25(23(14-35)39-27)24-18-13-29-33(3)20(18)11-19(30-24)26(36)28-12-16-7-8-17(37-4)10-22(16)38-5/h7-11,13-14H,6,12H2,1-5H3,(H,28,36). The van der Waals surface area contributed by atoms with Crippen LogP contribution in [-0.2, 0) is 20.1 Å². The van der Waals surface area contributed by atoms with Crippen molar-refractivity contribution in [3.63, 3.8) is 0 Å². The van der Waals surface area contributed by atoms with Crippen LogP contribution in [0.2, 0.25) is 0 Å². The lowest BCUT2D eigenvalue weighted by Gasteiger charge is -2.12. The maximum absolute atomic E-state index is 13.3. The van der Waals surface area contributed by atoms with Crippen LogP contribution in [0.4, 0.5) is 0 Å². The van der Waals surface area contributed by atoms with E-state index in [1.54, 1.807) is 55.0 Å². The van der Waals surface area contributed by atoms with Crippen LogP contribution in [0, 0.1) is 6.92 Å². The molecule has 4 aromatic heterocycles. The molecule has 5 rings (SSSR count). The van der Waals surface area contributed by atoms with Crippen LogP contribution in [0.1, 0.15) is 39.2 Å². The van der Waals surface area contributed by atoms with Crippen molar-refractivity contribution in [3.05, 3.63) is 59.2 Å². The Bertz CT molecular complexity index is 1700. The molecule has 0 atom stereocenters. The highest BCUT2D eigenvalue weighted by molar-refractivity contribution is 6.01. The normalized spacial score (nSPS) is 11.1. The van der Waals surface area contributed by atoms with Crippen LogP contribution in [0.5, 0.6) is 11.5 Å². The van der Waals surface area contributed by atoms with E-state index in [1.807, 2.05) is 26.0 Å². The largest absolute Gasteiger partial charge is 0.497 e. The number of amides is 1. The highest BCUT2D eigenvalue weighted by Gasteiger charge is 2.24. The molecule has 12 nitrogen and oxygen atoms in total. The summed E-state index contributed by atoms with van der Waals surface area (Å²) in [7, 11) is 4.88. The highest BCUT2D eigenvalue weighted by Crippen LogP contribution is 2.32. The third-order valence-corrected chi connectivity index (χ3v) is 6.32. The molecule has 0 aliphatic carbocycles. The monoisotopic (exact) mass is 529 g/mol. The van der Waals surface area contributed by atoms with Gasteiger partial charge in [-0.25, -0.2) is 9.97 Å². The van der Waals surface area contributed by atoms with Crippen molar-refractivity contribution in [1.29, 1.82) is 0 Å². The number of oxazole rings is 1. The summed E-state index contributed by atoms with van der Waals surface area (Å²) in [5.41, 5.74) is 3.48. The second-order valence-electron chi connectivity index (χ2n) is 8.75. The van der Waals surface area contributed by atoms with Gasteiger partial charge in [-0.15, -0.1) is 0 Å². The number of ether oxygens (including phenoxy) is 2. The van der Waals surface area contributed by atoms with Gasteiger partial charge in [-0.05, 0) is 38.1 Å². The van der Waals surface area contributed by atoms with E-state index < -0.39 is 5.91 Å². The predicted octanol–water partition coefficient (Wildman–Crippen LogP) is 3.57. The summed E-state index contributed by atoms with van der Waals surface area (Å²) >= 11 is 0. The summed E-state index contributed by atoms with van der Waals surface area (Å²) in [6.07, 6.45) is 2.20. The number of hydrogen-bond acceptors (Lipinski definition) is 9. The van der Waals surface area contributed by atoms with Crippen LogP contribution >= 0.6 is 0 Å². The Balaban J connectivity index is 1.54. The van der Waals surface area contributed by atoms with E-state index in [1.165, 1.54) is 0 Å². The van der Waals surface area contributed by atoms with Crippen molar-refractivity contribution in [2.24, 2.45) is 7.05 Å². The van der Waals surface area contributed by atoms with Gasteiger partial charge in [-0.2, -0.15) is 10.2 Å². The number of benzene rings is 1. The van der Waals surface area contributed by atoms with Crippen molar-refractivity contribution in [1.82, 2.24) is 34.8 Å². The zero-order valence-electron chi connectivity index (χ0n) is 22.2. The maximum Gasteiger partial charge on any atom is 0.270 e. The highest BCUT2D eigenvalue weighted by atomic mass is 16.5. The van der Waals surface area contributed by atoms with Gasteiger partial charge in [0.05, 0.1) is 31.6 Å². The van der Waals surface area contributed by atoms with Crippen molar-refractivity contribution in [3.8, 4) is 34.5 Å². The topological polar surface area (TPSA) is 139 Å². The van der Waals surface area contributed by atoms with E-state index in [0.717, 1.165) is 11.3 Å². The number of fused-ring (bicyclic) bond motifs is 1. The number of nitrogens with zero attached hydrogens (tertiary/aromatic N) is 6. The molecule has 1 amide bonds. The number of methoxy groups -OCH3 is 2. The second kappa shape index (κ2) is 10.4. The van der Waals surface area contributed by atoms with Gasteiger partial charge in [0.1, 0.15) is 34.3 Å². The van der Waals surface area contributed by atoms with E-state index >= 15 is 0 Å². The molecule has 1 aromatic carbocycles. The number of hydrogen-bond donors (Lipinski definition) is 1. The van der Waals surface area contributed by atoms with Gasteiger partial charge in [-0.1, -0.05) is 0 Å². The fraction of sp³-hybridized carbons (Fsp3) is 0.259. The van der Waals surface area contributed by atoms with Crippen LogP contribution in [0.25, 0.3) is 33.9 Å². The third kappa shape index (κ3) is 4.72. The van der Waals surface area contributed by atoms with Gasteiger partial charge in [0.2, 0.25) is 5.89 Å². The molecule has 4 heterocycles. The van der Waals surface area contributed by atoms with Gasteiger partial charge in [0.15, 0.2) is 12.0 Å². The number of carbonyl (C=O) groups excluding carboxylic acids is 2. The zero-order valence-corrected chi connectivity index (χ0v) is 22.2. The fourth-order valence-corrected chi connectivity index (χ4v) is 4.35. The minimum absolute atomic E-state index is 0.00955. The van der Waals surface area contributed by atoms with E-state index in [9.17, 15) is 9.59 Å². The molecule has 0 spiro atoms. The van der Waals surface area contributed by atoms with Crippen molar-refractivity contribution < 1.29 is 23.5 Å². The number of nitrogens with one attached hydrogen (secondary N) is 1. The molecule has 0 aliphatic rings. The lowest BCUT2D eigenvalue weighted by atomic mass is 10.1. The first-order chi connectivity index (χ1) is 18.9. The summed E-state index contributed by atoms with van der Waals surface area (Å²) in [6, 6.07) is 8.82. The average Bonchev–Trinajstić information content (AvgIpc) is 3.67. The quantitative estimate of drug-likeness (QED) is 0.284. The molecule has 0 saturated carbocycles. The van der Waals surface area contributed by atoms with Crippen molar-refractivity contribution in [2.75, 3.05) is 14.2 Å². The minimum atomic E-state index is -0.423. The summed E-state index contributed by atoms with van der Waals surface area (Å²) in [6.45, 7) is 4.60. The summed E-state index contributed by atoms with van der Waals surface area (Å²) in [5, 5.41) is 12.3. The third-order valence-electron chi connectivity index (χ3n) is 6.32. The van der Waals surface area contributed by atoms with Crippen LogP contribution in [0.3, 0.4) is 0 Å². The molecule has 0 saturated heterocycles. The van der Waals surface area contributed by atoms with Crippen LogP contribution < -0.4 is 14.8 Å². The number of aldehydes is 1. The Labute approximate surface area is 223 Å². The van der Waals surface area contributed by atoms with Crippen LogP contribution in [-0.4, -0.2) is 55.9 Å². The lowest BCUT2D eigenvalue weighted by Crippen LogP contribution is -2.24. The summed E-state index contributed by atoms with van der Waals surface area (Å²) in [5.74, 6) is 1.02. The first kappa shape index (κ1) is 25.6.